The van der Waals surface area contributed by atoms with E-state index in [9.17, 15) is 18.7 Å². The second kappa shape index (κ2) is 9.58. The number of halogens is 2. The molecule has 0 unspecified atom stereocenters. The number of rotatable bonds is 4. The van der Waals surface area contributed by atoms with Gasteiger partial charge in [0.1, 0.15) is 5.82 Å². The van der Waals surface area contributed by atoms with Crippen LogP contribution in [-0.2, 0) is 11.8 Å². The van der Waals surface area contributed by atoms with Gasteiger partial charge in [0.15, 0.2) is 11.6 Å². The molecule has 6 rings (SSSR count). The van der Waals surface area contributed by atoms with Crippen molar-refractivity contribution in [2.24, 2.45) is 7.05 Å². The fraction of sp³-hybridized carbons (Fsp3) is 0.429. The molecule has 198 valence electrons. The number of anilines is 1. The van der Waals surface area contributed by atoms with Gasteiger partial charge in [0.25, 0.3) is 0 Å². The Morgan fingerprint density at radius 2 is 1.79 bits per heavy atom. The number of aromatic nitrogens is 5. The molecule has 1 aliphatic carbocycles. The molecule has 2 aromatic carbocycles. The highest BCUT2D eigenvalue weighted by molar-refractivity contribution is 5.95. The molecule has 38 heavy (non-hydrogen) atoms. The maximum Gasteiger partial charge on any atom is 0.227 e. The van der Waals surface area contributed by atoms with E-state index in [1.165, 1.54) is 6.07 Å². The summed E-state index contributed by atoms with van der Waals surface area (Å²) in [4.78, 5) is 19.9. The molecule has 1 amide bonds. The van der Waals surface area contributed by atoms with Crippen LogP contribution in [0.1, 0.15) is 68.5 Å². The molecule has 0 radical (unpaired) electrons. The van der Waals surface area contributed by atoms with Crippen molar-refractivity contribution in [1.82, 2.24) is 24.5 Å². The number of fused-ring (bicyclic) bond motifs is 1. The number of aliphatic hydroxyl groups excluding tert-OH is 1. The van der Waals surface area contributed by atoms with Gasteiger partial charge in [-0.15, -0.1) is 5.10 Å². The number of amides is 1. The van der Waals surface area contributed by atoms with Crippen LogP contribution in [0.4, 0.5) is 14.5 Å². The maximum atomic E-state index is 14.2. The van der Waals surface area contributed by atoms with Crippen molar-refractivity contribution in [1.29, 1.82) is 0 Å². The van der Waals surface area contributed by atoms with Crippen molar-refractivity contribution in [2.75, 3.05) is 4.90 Å². The van der Waals surface area contributed by atoms with Gasteiger partial charge < -0.3 is 14.6 Å². The van der Waals surface area contributed by atoms with Crippen molar-refractivity contribution in [3.63, 3.8) is 0 Å². The molecule has 10 heteroatoms. The van der Waals surface area contributed by atoms with E-state index < -0.39 is 17.7 Å². The second-order valence-corrected chi connectivity index (χ2v) is 10.4. The molecule has 1 saturated heterocycles. The van der Waals surface area contributed by atoms with Crippen LogP contribution < -0.4 is 4.90 Å². The van der Waals surface area contributed by atoms with Gasteiger partial charge in [-0.05, 0) is 69.7 Å². The average molecular weight is 521 g/mol. The molecule has 4 aromatic rings. The molecule has 0 bridgehead atoms. The first-order chi connectivity index (χ1) is 18.3. The smallest absolute Gasteiger partial charge is 0.227 e. The Bertz CT molecular complexity index is 1500. The third-order valence-corrected chi connectivity index (χ3v) is 7.94. The number of piperidine rings is 1. The number of aliphatic hydroxyl groups is 1. The summed E-state index contributed by atoms with van der Waals surface area (Å²) in [6.45, 7) is 1.91. The van der Waals surface area contributed by atoms with E-state index in [0.29, 0.717) is 37.8 Å². The molecule has 3 heterocycles. The first-order valence-electron chi connectivity index (χ1n) is 13.2. The Hall–Kier alpha value is -3.66. The van der Waals surface area contributed by atoms with Crippen molar-refractivity contribution >= 4 is 22.6 Å². The number of carbonyl (C=O) groups is 1. The van der Waals surface area contributed by atoms with Gasteiger partial charge in [0.05, 0.1) is 34.6 Å². The quantitative estimate of drug-likeness (QED) is 0.402. The minimum Gasteiger partial charge on any atom is -0.393 e. The van der Waals surface area contributed by atoms with Crippen LogP contribution in [0.15, 0.2) is 36.4 Å². The molecule has 2 fully saturated rings. The fourth-order valence-electron chi connectivity index (χ4n) is 6.13. The lowest BCUT2D eigenvalue weighted by Gasteiger charge is -2.37. The summed E-state index contributed by atoms with van der Waals surface area (Å²) >= 11 is 0. The van der Waals surface area contributed by atoms with E-state index in [4.69, 9.17) is 4.98 Å². The zero-order chi connectivity index (χ0) is 26.6. The predicted molar refractivity (Wildman–Crippen MR) is 138 cm³/mol. The molecular weight excluding hydrogens is 490 g/mol. The third-order valence-electron chi connectivity index (χ3n) is 7.94. The van der Waals surface area contributed by atoms with Gasteiger partial charge in [0.2, 0.25) is 5.91 Å². The highest BCUT2D eigenvalue weighted by Gasteiger charge is 2.36. The van der Waals surface area contributed by atoms with E-state index in [0.717, 1.165) is 58.8 Å². The predicted octanol–water partition coefficient (Wildman–Crippen LogP) is 5.15. The SMILES string of the molecule is Cc1nnn(C)c1-c1ccc2c(c1)nc([C@@H]1CCCC(=O)N1c1ccc(F)c(F)c1)n2C1CCC(O)CC1. The zero-order valence-corrected chi connectivity index (χ0v) is 21.4. The van der Waals surface area contributed by atoms with Crippen molar-refractivity contribution in [3.05, 3.63) is 59.6 Å². The second-order valence-electron chi connectivity index (χ2n) is 10.4. The van der Waals surface area contributed by atoms with Crippen LogP contribution in [0, 0.1) is 18.6 Å². The van der Waals surface area contributed by atoms with Crippen LogP contribution in [0.5, 0.6) is 0 Å². The summed E-state index contributed by atoms with van der Waals surface area (Å²) in [5, 5.41) is 18.5. The van der Waals surface area contributed by atoms with Gasteiger partial charge in [-0.2, -0.15) is 0 Å². The Balaban J connectivity index is 1.51. The third kappa shape index (κ3) is 4.16. The number of hydrogen-bond acceptors (Lipinski definition) is 5. The molecule has 2 aromatic heterocycles. The molecule has 1 saturated carbocycles. The highest BCUT2D eigenvalue weighted by atomic mass is 19.2. The van der Waals surface area contributed by atoms with E-state index >= 15 is 0 Å². The zero-order valence-electron chi connectivity index (χ0n) is 21.4. The van der Waals surface area contributed by atoms with Gasteiger partial charge in [-0.25, -0.2) is 18.4 Å². The topological polar surface area (TPSA) is 89.1 Å². The largest absolute Gasteiger partial charge is 0.393 e. The van der Waals surface area contributed by atoms with Crippen LogP contribution in [0.25, 0.3) is 22.3 Å². The van der Waals surface area contributed by atoms with E-state index in [2.05, 4.69) is 14.9 Å². The van der Waals surface area contributed by atoms with Gasteiger partial charge in [0, 0.05) is 36.8 Å². The number of aryl methyl sites for hydroxylation is 2. The lowest BCUT2D eigenvalue weighted by Crippen LogP contribution is -2.40. The Labute approximate surface area is 218 Å². The summed E-state index contributed by atoms with van der Waals surface area (Å²) in [7, 11) is 1.85. The first kappa shape index (κ1) is 24.7. The summed E-state index contributed by atoms with van der Waals surface area (Å²) in [6.07, 6.45) is 4.32. The first-order valence-corrected chi connectivity index (χ1v) is 13.2. The monoisotopic (exact) mass is 520 g/mol. The summed E-state index contributed by atoms with van der Waals surface area (Å²) in [5.41, 5.74) is 4.72. The highest BCUT2D eigenvalue weighted by Crippen LogP contribution is 2.41. The molecule has 1 N–H and O–H groups in total. The van der Waals surface area contributed by atoms with Gasteiger partial charge >= 0.3 is 0 Å². The van der Waals surface area contributed by atoms with Crippen LogP contribution in [-0.4, -0.2) is 41.7 Å². The lowest BCUT2D eigenvalue weighted by molar-refractivity contribution is -0.120. The average Bonchev–Trinajstić information content (AvgIpc) is 3.45. The Morgan fingerprint density at radius 1 is 1.00 bits per heavy atom. The number of carbonyl (C=O) groups excluding carboxylic acids is 1. The molecular formula is C28H30F2N6O2. The summed E-state index contributed by atoms with van der Waals surface area (Å²) in [5.74, 6) is -1.34. The van der Waals surface area contributed by atoms with Gasteiger partial charge in [-0.1, -0.05) is 11.3 Å². The van der Waals surface area contributed by atoms with Crippen LogP contribution in [0.2, 0.25) is 0 Å². The van der Waals surface area contributed by atoms with Crippen LogP contribution in [0.3, 0.4) is 0 Å². The number of nitrogens with zero attached hydrogens (tertiary/aromatic N) is 6. The molecule has 1 atom stereocenters. The van der Waals surface area contributed by atoms with E-state index in [1.54, 1.807) is 9.58 Å². The standard InChI is InChI=1S/C28H30F2N6O2/c1-16-27(34(2)33-32-16)17-6-13-24-23(14-17)31-28(36(24)18-7-10-20(37)11-8-18)25-4-3-5-26(38)35(25)19-9-12-21(29)22(30)15-19/h6,9,12-15,18,20,25,37H,3-5,7-8,10-11H2,1-2H3/t18?,20?,25-/m0/s1. The van der Waals surface area contributed by atoms with Crippen molar-refractivity contribution in [3.8, 4) is 11.3 Å². The van der Waals surface area contributed by atoms with Crippen LogP contribution >= 0.6 is 0 Å². The van der Waals surface area contributed by atoms with Gasteiger partial charge in [-0.3, -0.25) is 4.79 Å². The number of benzene rings is 2. The Kier molecular flexibility index (Phi) is 6.22. The van der Waals surface area contributed by atoms with E-state index in [1.807, 2.05) is 32.2 Å². The number of hydrogen-bond donors (Lipinski definition) is 1. The molecule has 2 aliphatic rings. The Morgan fingerprint density at radius 3 is 2.50 bits per heavy atom. The summed E-state index contributed by atoms with van der Waals surface area (Å²) in [6, 6.07) is 9.38. The van der Waals surface area contributed by atoms with E-state index in [-0.39, 0.29) is 18.1 Å². The summed E-state index contributed by atoms with van der Waals surface area (Å²) < 4.78 is 31.9. The van der Waals surface area contributed by atoms with Crippen molar-refractivity contribution < 1.29 is 18.7 Å². The minimum absolute atomic E-state index is 0.105. The fourth-order valence-corrected chi connectivity index (χ4v) is 6.13. The lowest BCUT2D eigenvalue weighted by atomic mass is 9.92. The van der Waals surface area contributed by atoms with Crippen molar-refractivity contribution in [2.45, 2.75) is 70.1 Å². The molecule has 8 nitrogen and oxygen atoms in total. The minimum atomic E-state index is -0.987. The number of imidazole rings is 1. The normalized spacial score (nSPS) is 22.4. The maximum absolute atomic E-state index is 14.2. The molecule has 0 spiro atoms. The molecule has 1 aliphatic heterocycles.